The number of ether oxygens (including phenoxy) is 1. The maximum atomic E-state index is 12.2. The Morgan fingerprint density at radius 3 is 2.75 bits per heavy atom. The van der Waals surface area contributed by atoms with Gasteiger partial charge in [0, 0.05) is 28.4 Å². The van der Waals surface area contributed by atoms with Gasteiger partial charge in [0.2, 0.25) is 0 Å². The number of thiazole rings is 1. The lowest BCUT2D eigenvalue weighted by Gasteiger charge is -2.15. The number of carbonyl (C=O) groups is 1. The lowest BCUT2D eigenvalue weighted by atomic mass is 10.0. The van der Waals surface area contributed by atoms with Crippen LogP contribution < -0.4 is 10.1 Å². The molecule has 1 aromatic carbocycles. The zero-order valence-corrected chi connectivity index (χ0v) is 17.6. The number of amides is 1. The molecule has 0 radical (unpaired) electrons. The molecule has 7 heteroatoms. The predicted octanol–water partition coefficient (Wildman–Crippen LogP) is 4.99. The molecule has 0 aliphatic heterocycles. The minimum Gasteiger partial charge on any atom is -0.483 e. The van der Waals surface area contributed by atoms with Crippen molar-refractivity contribution < 1.29 is 9.53 Å². The molecule has 0 spiro atoms. The van der Waals surface area contributed by atoms with Crippen molar-refractivity contribution in [2.24, 2.45) is 0 Å². The number of nitrogens with zero attached hydrogens (tertiary/aromatic N) is 2. The van der Waals surface area contributed by atoms with E-state index in [1.165, 1.54) is 11.3 Å². The number of hydrogen-bond donors (Lipinski definition) is 1. The van der Waals surface area contributed by atoms with Crippen molar-refractivity contribution in [2.45, 2.75) is 33.2 Å². The molecule has 0 saturated heterocycles. The molecule has 3 aromatic rings. The molecule has 2 heterocycles. The van der Waals surface area contributed by atoms with Crippen molar-refractivity contribution in [3.05, 3.63) is 63.2 Å². The highest BCUT2D eigenvalue weighted by Crippen LogP contribution is 2.32. The van der Waals surface area contributed by atoms with Crippen molar-refractivity contribution in [3.8, 4) is 17.0 Å². The van der Waals surface area contributed by atoms with Crippen LogP contribution in [-0.2, 0) is 11.3 Å². The van der Waals surface area contributed by atoms with Gasteiger partial charge in [0.05, 0.1) is 12.2 Å². The van der Waals surface area contributed by atoms with Gasteiger partial charge < -0.3 is 10.1 Å². The van der Waals surface area contributed by atoms with E-state index in [-0.39, 0.29) is 18.4 Å². The van der Waals surface area contributed by atoms with Gasteiger partial charge in [-0.3, -0.25) is 9.78 Å². The van der Waals surface area contributed by atoms with Crippen LogP contribution >= 0.6 is 22.9 Å². The third-order valence-electron chi connectivity index (χ3n) is 4.24. The molecular weight excluding hydrogens is 394 g/mol. The molecule has 146 valence electrons. The zero-order chi connectivity index (χ0) is 20.1. The van der Waals surface area contributed by atoms with Crippen LogP contribution in [0.4, 0.5) is 0 Å². The normalized spacial score (nSPS) is 10.9. The van der Waals surface area contributed by atoms with E-state index in [1.54, 1.807) is 12.4 Å². The Morgan fingerprint density at radius 1 is 1.29 bits per heavy atom. The maximum absolute atomic E-state index is 12.2. The third-order valence-corrected chi connectivity index (χ3v) is 5.49. The van der Waals surface area contributed by atoms with Crippen LogP contribution in [0.1, 0.15) is 35.9 Å². The smallest absolute Gasteiger partial charge is 0.258 e. The van der Waals surface area contributed by atoms with E-state index in [0.29, 0.717) is 17.3 Å². The highest BCUT2D eigenvalue weighted by molar-refractivity contribution is 7.09. The summed E-state index contributed by atoms with van der Waals surface area (Å²) < 4.78 is 5.76. The number of benzene rings is 1. The zero-order valence-electron chi connectivity index (χ0n) is 16.0. The predicted molar refractivity (Wildman–Crippen MR) is 113 cm³/mol. The number of hydrogen-bond acceptors (Lipinski definition) is 5. The standard InChI is InChI=1S/C21H22ClN3O2S/c1-13(2)16-9-17(22)14(3)8-19(16)27-11-20(26)24-10-21-25-18(12-28-21)15-4-6-23-7-5-15/h4-9,12-13H,10-11H2,1-3H3,(H,24,26). The molecule has 0 bridgehead atoms. The minimum atomic E-state index is -0.192. The highest BCUT2D eigenvalue weighted by atomic mass is 35.5. The monoisotopic (exact) mass is 415 g/mol. The molecule has 0 aliphatic rings. The van der Waals surface area contributed by atoms with Gasteiger partial charge in [0.1, 0.15) is 10.8 Å². The average molecular weight is 416 g/mol. The first-order valence-electron chi connectivity index (χ1n) is 8.98. The Bertz CT molecular complexity index is 958. The highest BCUT2D eigenvalue weighted by Gasteiger charge is 2.13. The second kappa shape index (κ2) is 9.17. The van der Waals surface area contributed by atoms with Gasteiger partial charge in [-0.15, -0.1) is 11.3 Å². The molecule has 28 heavy (non-hydrogen) atoms. The maximum Gasteiger partial charge on any atom is 0.258 e. The molecule has 0 atom stereocenters. The summed E-state index contributed by atoms with van der Waals surface area (Å²) in [5.41, 5.74) is 3.80. The summed E-state index contributed by atoms with van der Waals surface area (Å²) in [7, 11) is 0. The largest absolute Gasteiger partial charge is 0.483 e. The van der Waals surface area contributed by atoms with Gasteiger partial charge in [0.15, 0.2) is 6.61 Å². The molecule has 0 aliphatic carbocycles. The molecule has 2 aromatic heterocycles. The summed E-state index contributed by atoms with van der Waals surface area (Å²) >= 11 is 7.72. The summed E-state index contributed by atoms with van der Waals surface area (Å²) in [5, 5.41) is 6.37. The number of rotatable bonds is 7. The van der Waals surface area contributed by atoms with Gasteiger partial charge in [-0.1, -0.05) is 25.4 Å². The molecule has 5 nitrogen and oxygen atoms in total. The van der Waals surface area contributed by atoms with Crippen LogP contribution in [0.3, 0.4) is 0 Å². The summed E-state index contributed by atoms with van der Waals surface area (Å²) in [6.07, 6.45) is 3.47. The number of halogens is 1. The quantitative estimate of drug-likeness (QED) is 0.590. The first-order valence-corrected chi connectivity index (χ1v) is 10.2. The van der Waals surface area contributed by atoms with Crippen LogP contribution in [0.5, 0.6) is 5.75 Å². The van der Waals surface area contributed by atoms with Gasteiger partial charge >= 0.3 is 0 Å². The van der Waals surface area contributed by atoms with E-state index in [9.17, 15) is 4.79 Å². The van der Waals surface area contributed by atoms with E-state index in [0.717, 1.165) is 27.4 Å². The summed E-state index contributed by atoms with van der Waals surface area (Å²) in [5.74, 6) is 0.752. The van der Waals surface area contributed by atoms with Crippen molar-refractivity contribution in [1.82, 2.24) is 15.3 Å². The average Bonchev–Trinajstić information content (AvgIpc) is 3.16. The van der Waals surface area contributed by atoms with Crippen molar-refractivity contribution in [1.29, 1.82) is 0 Å². The molecule has 0 fully saturated rings. The molecule has 0 unspecified atom stereocenters. The fourth-order valence-electron chi connectivity index (χ4n) is 2.66. The van der Waals surface area contributed by atoms with Gasteiger partial charge in [-0.2, -0.15) is 0 Å². The Labute approximate surface area is 173 Å². The number of nitrogens with one attached hydrogen (secondary N) is 1. The molecular formula is C21H22ClN3O2S. The summed E-state index contributed by atoms with van der Waals surface area (Å²) in [4.78, 5) is 20.8. The Hall–Kier alpha value is -2.44. The van der Waals surface area contributed by atoms with E-state index in [1.807, 2.05) is 36.6 Å². The second-order valence-electron chi connectivity index (χ2n) is 6.72. The van der Waals surface area contributed by atoms with Crippen LogP contribution in [0, 0.1) is 6.92 Å². The molecule has 1 N–H and O–H groups in total. The van der Waals surface area contributed by atoms with Gasteiger partial charge in [0.25, 0.3) is 5.91 Å². The molecule has 0 saturated carbocycles. The van der Waals surface area contributed by atoms with E-state index < -0.39 is 0 Å². The topological polar surface area (TPSA) is 64.1 Å². The molecule has 3 rings (SSSR count). The number of pyridine rings is 1. The lowest BCUT2D eigenvalue weighted by molar-refractivity contribution is -0.123. The Balaban J connectivity index is 1.56. The second-order valence-corrected chi connectivity index (χ2v) is 8.07. The van der Waals surface area contributed by atoms with Crippen molar-refractivity contribution in [3.63, 3.8) is 0 Å². The van der Waals surface area contributed by atoms with Gasteiger partial charge in [-0.25, -0.2) is 4.98 Å². The van der Waals surface area contributed by atoms with E-state index in [4.69, 9.17) is 16.3 Å². The van der Waals surface area contributed by atoms with Crippen LogP contribution in [0.15, 0.2) is 42.0 Å². The van der Waals surface area contributed by atoms with E-state index >= 15 is 0 Å². The summed E-state index contributed by atoms with van der Waals surface area (Å²) in [6, 6.07) is 7.61. The molecule has 1 amide bonds. The van der Waals surface area contributed by atoms with Crippen LogP contribution in [0.2, 0.25) is 5.02 Å². The fourth-order valence-corrected chi connectivity index (χ4v) is 3.58. The van der Waals surface area contributed by atoms with Crippen molar-refractivity contribution in [2.75, 3.05) is 6.61 Å². The Kier molecular flexibility index (Phi) is 6.65. The number of aryl methyl sites for hydroxylation is 1. The minimum absolute atomic E-state index is 0.0522. The number of aromatic nitrogens is 2. The fraction of sp³-hybridized carbons (Fsp3) is 0.286. The first-order chi connectivity index (χ1) is 13.4. The Morgan fingerprint density at radius 2 is 2.04 bits per heavy atom. The summed E-state index contributed by atoms with van der Waals surface area (Å²) in [6.45, 7) is 6.37. The van der Waals surface area contributed by atoms with Crippen LogP contribution in [-0.4, -0.2) is 22.5 Å². The van der Waals surface area contributed by atoms with Crippen LogP contribution in [0.25, 0.3) is 11.3 Å². The number of carbonyl (C=O) groups excluding carboxylic acids is 1. The van der Waals surface area contributed by atoms with Crippen molar-refractivity contribution >= 4 is 28.8 Å². The van der Waals surface area contributed by atoms with Gasteiger partial charge in [-0.05, 0) is 48.2 Å². The lowest BCUT2D eigenvalue weighted by Crippen LogP contribution is -2.28. The van der Waals surface area contributed by atoms with E-state index in [2.05, 4.69) is 29.1 Å². The first kappa shape index (κ1) is 20.3. The third kappa shape index (κ3) is 5.09. The SMILES string of the molecule is Cc1cc(OCC(=O)NCc2nc(-c3ccncc3)cs2)c(C(C)C)cc1Cl.